The van der Waals surface area contributed by atoms with E-state index in [2.05, 4.69) is 28.8 Å². The smallest absolute Gasteiger partial charge is 0.309 e. The van der Waals surface area contributed by atoms with Crippen LogP contribution in [0.4, 0.5) is 13.2 Å². The fraction of sp³-hybridized carbons (Fsp3) is 0.719. The summed E-state index contributed by atoms with van der Waals surface area (Å²) < 4.78 is 70.7. The van der Waals surface area contributed by atoms with E-state index >= 15 is 0 Å². The number of thioether (sulfide) groups is 1. The van der Waals surface area contributed by atoms with Crippen LogP contribution in [0.5, 0.6) is 0 Å². The Bertz CT molecular complexity index is 1390. The number of benzene rings is 1. The van der Waals surface area contributed by atoms with Gasteiger partial charge in [-0.25, -0.2) is 8.42 Å². The van der Waals surface area contributed by atoms with Gasteiger partial charge in [-0.2, -0.15) is 22.6 Å². The molecule has 4 heterocycles. The minimum Gasteiger partial charge on any atom is -0.309 e. The summed E-state index contributed by atoms with van der Waals surface area (Å²) in [6, 6.07) is 4.29. The molecule has 1 aromatic carbocycles. The summed E-state index contributed by atoms with van der Waals surface area (Å²) in [5.41, 5.74) is 2.37. The number of aryl methyl sites for hydroxylation is 1. The van der Waals surface area contributed by atoms with Crippen LogP contribution in [-0.2, 0) is 35.7 Å². The Balaban J connectivity index is 1.37. The zero-order valence-electron chi connectivity index (χ0n) is 27.0. The highest BCUT2D eigenvalue weighted by atomic mass is 32.2. The molecule has 2 saturated heterocycles. The van der Waals surface area contributed by atoms with Crippen molar-refractivity contribution < 1.29 is 21.6 Å². The topological polar surface area (TPSA) is 64.9 Å². The van der Waals surface area contributed by atoms with Crippen LogP contribution < -0.4 is 0 Å². The van der Waals surface area contributed by atoms with E-state index in [1.165, 1.54) is 53.7 Å². The summed E-state index contributed by atoms with van der Waals surface area (Å²) in [6.07, 6.45) is 4.14. The number of rotatable bonds is 12. The van der Waals surface area contributed by atoms with Gasteiger partial charge in [-0.1, -0.05) is 12.5 Å². The first kappa shape index (κ1) is 34.7. The van der Waals surface area contributed by atoms with Gasteiger partial charge in [0.05, 0.1) is 17.5 Å². The number of piperidine rings is 2. The third-order valence-electron chi connectivity index (χ3n) is 9.31. The molecule has 1 aromatic heterocycles. The molecule has 0 N–H and O–H groups in total. The molecule has 0 spiro atoms. The van der Waals surface area contributed by atoms with Crippen molar-refractivity contribution in [3.05, 3.63) is 35.0 Å². The van der Waals surface area contributed by atoms with Gasteiger partial charge < -0.3 is 14.7 Å². The maximum atomic E-state index is 14.1. The summed E-state index contributed by atoms with van der Waals surface area (Å²) >= 11 is 1.25. The number of likely N-dealkylation sites (tertiary alicyclic amines) is 2. The van der Waals surface area contributed by atoms with Crippen LogP contribution in [0, 0.1) is 5.92 Å². The molecule has 0 bridgehead atoms. The average Bonchev–Trinajstić information content (AvgIpc) is 3.34. The standard InChI is InChI=1S/C32H49F3N6O2S2/c1-37(2)22-25-9-7-15-39(23-25)16-8-17-41-29-12-18-40(45(3,42)43)24-27(29)31(36-41)26-10-11-28(32(33,34)35)30(21-26)44-20-19-38-13-5-4-6-14-38/h10-11,21,25H,4-9,12-20,22-24H2,1-3H3. The predicted molar refractivity (Wildman–Crippen MR) is 175 cm³/mol. The predicted octanol–water partition coefficient (Wildman–Crippen LogP) is 5.13. The van der Waals surface area contributed by atoms with Gasteiger partial charge in [0, 0.05) is 73.2 Å². The molecule has 0 amide bonds. The van der Waals surface area contributed by atoms with E-state index in [1.807, 2.05) is 4.68 Å². The summed E-state index contributed by atoms with van der Waals surface area (Å²) in [6.45, 7) is 8.24. The molecule has 252 valence electrons. The Kier molecular flexibility index (Phi) is 11.6. The third-order valence-corrected chi connectivity index (χ3v) is 11.6. The van der Waals surface area contributed by atoms with Crippen LogP contribution in [-0.4, -0.2) is 116 Å². The largest absolute Gasteiger partial charge is 0.417 e. The second kappa shape index (κ2) is 15.1. The summed E-state index contributed by atoms with van der Waals surface area (Å²) in [5.74, 6) is 1.25. The number of halogens is 3. The normalized spacial score (nSPS) is 21.0. The lowest BCUT2D eigenvalue weighted by atomic mass is 9.97. The van der Waals surface area contributed by atoms with E-state index in [0.717, 1.165) is 76.3 Å². The highest BCUT2D eigenvalue weighted by molar-refractivity contribution is 7.99. The monoisotopic (exact) mass is 670 g/mol. The Hall–Kier alpha value is -1.64. The molecule has 0 radical (unpaired) electrons. The van der Waals surface area contributed by atoms with Gasteiger partial charge in [0.1, 0.15) is 0 Å². The zero-order chi connectivity index (χ0) is 32.2. The fourth-order valence-electron chi connectivity index (χ4n) is 7.12. The minimum atomic E-state index is -4.46. The second-order valence-electron chi connectivity index (χ2n) is 13.2. The molecule has 13 heteroatoms. The van der Waals surface area contributed by atoms with E-state index in [0.29, 0.717) is 42.4 Å². The second-order valence-corrected chi connectivity index (χ2v) is 16.3. The Morgan fingerprint density at radius 2 is 1.76 bits per heavy atom. The molecule has 0 aliphatic carbocycles. The van der Waals surface area contributed by atoms with Crippen LogP contribution in [0.3, 0.4) is 0 Å². The number of aromatic nitrogens is 2. The van der Waals surface area contributed by atoms with Crippen LogP contribution in [0.15, 0.2) is 23.1 Å². The van der Waals surface area contributed by atoms with Crippen molar-refractivity contribution in [2.75, 3.05) is 78.5 Å². The van der Waals surface area contributed by atoms with Crippen molar-refractivity contribution in [1.29, 1.82) is 0 Å². The van der Waals surface area contributed by atoms with E-state index in [9.17, 15) is 21.6 Å². The van der Waals surface area contributed by atoms with Gasteiger partial charge >= 0.3 is 6.18 Å². The Labute approximate surface area is 271 Å². The van der Waals surface area contributed by atoms with E-state index in [4.69, 9.17) is 5.10 Å². The number of sulfonamides is 1. The van der Waals surface area contributed by atoms with Crippen molar-refractivity contribution in [2.24, 2.45) is 5.92 Å². The van der Waals surface area contributed by atoms with Crippen LogP contribution in [0.1, 0.15) is 55.3 Å². The van der Waals surface area contributed by atoms with Gasteiger partial charge in [-0.05, 0) is 90.4 Å². The Morgan fingerprint density at radius 1 is 1.00 bits per heavy atom. The summed E-state index contributed by atoms with van der Waals surface area (Å²) in [5, 5.41) is 4.97. The third kappa shape index (κ3) is 9.25. The highest BCUT2D eigenvalue weighted by Crippen LogP contribution is 2.40. The van der Waals surface area contributed by atoms with Crippen molar-refractivity contribution in [1.82, 2.24) is 28.8 Å². The van der Waals surface area contributed by atoms with Crippen LogP contribution in [0.2, 0.25) is 0 Å². The van der Waals surface area contributed by atoms with E-state index < -0.39 is 21.8 Å². The quantitative estimate of drug-likeness (QED) is 0.291. The van der Waals surface area contributed by atoms with Crippen molar-refractivity contribution in [2.45, 2.75) is 69.1 Å². The van der Waals surface area contributed by atoms with Gasteiger partial charge in [-0.15, -0.1) is 11.8 Å². The molecule has 5 rings (SSSR count). The maximum Gasteiger partial charge on any atom is 0.417 e. The number of fused-ring (bicyclic) bond motifs is 1. The lowest BCUT2D eigenvalue weighted by Gasteiger charge is -2.34. The van der Waals surface area contributed by atoms with E-state index in [1.54, 1.807) is 6.07 Å². The number of nitrogens with zero attached hydrogens (tertiary/aromatic N) is 6. The molecule has 3 aliphatic heterocycles. The summed E-state index contributed by atoms with van der Waals surface area (Å²) in [4.78, 5) is 7.32. The highest BCUT2D eigenvalue weighted by Gasteiger charge is 2.35. The first-order chi connectivity index (χ1) is 21.4. The SMILES string of the molecule is CN(C)CC1CCCN(CCCn2nc(-c3ccc(C(F)(F)F)c(SCCN4CCCCC4)c3)c3c2CCN(S(C)(=O)=O)C3)C1. The van der Waals surface area contributed by atoms with Gasteiger partial charge in [-0.3, -0.25) is 4.68 Å². The first-order valence-corrected chi connectivity index (χ1v) is 19.2. The van der Waals surface area contributed by atoms with E-state index in [-0.39, 0.29) is 11.4 Å². The zero-order valence-corrected chi connectivity index (χ0v) is 28.6. The Morgan fingerprint density at radius 3 is 2.47 bits per heavy atom. The first-order valence-electron chi connectivity index (χ1n) is 16.4. The molecule has 1 unspecified atom stereocenters. The number of alkyl halides is 3. The van der Waals surface area contributed by atoms with Gasteiger partial charge in [0.25, 0.3) is 0 Å². The maximum absolute atomic E-state index is 14.1. The molecule has 45 heavy (non-hydrogen) atoms. The van der Waals surface area contributed by atoms with Gasteiger partial charge in [0.15, 0.2) is 0 Å². The lowest BCUT2D eigenvalue weighted by molar-refractivity contribution is -0.139. The molecule has 1 atom stereocenters. The number of hydrogen-bond acceptors (Lipinski definition) is 7. The van der Waals surface area contributed by atoms with Crippen molar-refractivity contribution in [3.63, 3.8) is 0 Å². The molecule has 3 aliphatic rings. The summed E-state index contributed by atoms with van der Waals surface area (Å²) in [7, 11) is 0.810. The fourth-order valence-corrected chi connectivity index (χ4v) is 9.03. The molecule has 2 fully saturated rings. The van der Waals surface area contributed by atoms with Crippen LogP contribution >= 0.6 is 11.8 Å². The average molecular weight is 671 g/mol. The van der Waals surface area contributed by atoms with Crippen LogP contribution in [0.25, 0.3) is 11.3 Å². The molecule has 2 aromatic rings. The van der Waals surface area contributed by atoms with Crippen molar-refractivity contribution in [3.8, 4) is 11.3 Å². The van der Waals surface area contributed by atoms with Gasteiger partial charge in [0.2, 0.25) is 10.0 Å². The molecular formula is C32H49F3N6O2S2. The molecule has 8 nitrogen and oxygen atoms in total. The minimum absolute atomic E-state index is 0.181. The van der Waals surface area contributed by atoms with Crippen molar-refractivity contribution >= 4 is 21.8 Å². The molecular weight excluding hydrogens is 622 g/mol. The molecule has 0 saturated carbocycles. The number of hydrogen-bond donors (Lipinski definition) is 0. The lowest BCUT2D eigenvalue weighted by Crippen LogP contribution is -2.40.